The number of nitrogens with zero attached hydrogens (tertiary/aromatic N) is 2. The lowest BCUT2D eigenvalue weighted by Crippen LogP contribution is -2.49. The summed E-state index contributed by atoms with van der Waals surface area (Å²) in [5, 5.41) is 0. The summed E-state index contributed by atoms with van der Waals surface area (Å²) in [6.45, 7) is 0. The number of fused-ring (bicyclic) bond motifs is 2. The normalized spacial score (nSPS) is 26.9. The quantitative estimate of drug-likeness (QED) is 0.874. The first kappa shape index (κ1) is 13.4. The molecule has 1 amide bonds. The van der Waals surface area contributed by atoms with Gasteiger partial charge in [-0.2, -0.15) is 0 Å². The smallest absolute Gasteiger partial charge is 0.257 e. The maximum absolute atomic E-state index is 12.6. The first-order chi connectivity index (χ1) is 10.8. The molecule has 0 spiro atoms. The summed E-state index contributed by atoms with van der Waals surface area (Å²) < 4.78 is 11.0. The van der Waals surface area contributed by atoms with E-state index in [-0.39, 0.29) is 24.1 Å². The minimum atomic E-state index is 0.0811. The maximum atomic E-state index is 12.6. The molecule has 4 rings (SSSR count). The van der Waals surface area contributed by atoms with Crippen molar-refractivity contribution in [2.45, 2.75) is 43.9 Å². The lowest BCUT2D eigenvalue weighted by atomic mass is 9.99. The van der Waals surface area contributed by atoms with E-state index in [0.717, 1.165) is 25.7 Å². The van der Waals surface area contributed by atoms with E-state index in [0.29, 0.717) is 11.4 Å². The molecule has 5 heteroatoms. The van der Waals surface area contributed by atoms with Crippen molar-refractivity contribution in [3.05, 3.63) is 48.6 Å². The predicted molar refractivity (Wildman–Crippen MR) is 79.6 cm³/mol. The van der Waals surface area contributed by atoms with Crippen LogP contribution in [-0.4, -0.2) is 34.0 Å². The molecule has 2 aliphatic heterocycles. The monoisotopic (exact) mass is 298 g/mol. The van der Waals surface area contributed by atoms with E-state index >= 15 is 0 Å². The fourth-order valence-corrected chi connectivity index (χ4v) is 3.68. The summed E-state index contributed by atoms with van der Waals surface area (Å²) in [5.41, 5.74) is 0.640. The van der Waals surface area contributed by atoms with Crippen LogP contribution < -0.4 is 4.74 Å². The number of ether oxygens (including phenoxy) is 1. The molecule has 2 fully saturated rings. The van der Waals surface area contributed by atoms with Crippen molar-refractivity contribution in [3.8, 4) is 5.88 Å². The predicted octanol–water partition coefficient (Wildman–Crippen LogP) is 2.89. The number of hydrogen-bond acceptors (Lipinski definition) is 4. The number of aromatic nitrogens is 1. The highest BCUT2D eigenvalue weighted by atomic mass is 16.5. The van der Waals surface area contributed by atoms with Crippen LogP contribution in [-0.2, 0) is 0 Å². The van der Waals surface area contributed by atoms with Crippen LogP contribution in [0.3, 0.4) is 0 Å². The molecule has 2 unspecified atom stereocenters. The highest BCUT2D eigenvalue weighted by Gasteiger charge is 2.44. The van der Waals surface area contributed by atoms with Crippen molar-refractivity contribution in [2.24, 2.45) is 0 Å². The number of carbonyl (C=O) groups excluding carboxylic acids is 1. The Balaban J connectivity index is 1.47. The van der Waals surface area contributed by atoms with Gasteiger partial charge in [-0.3, -0.25) is 4.79 Å². The highest BCUT2D eigenvalue weighted by molar-refractivity contribution is 5.94. The van der Waals surface area contributed by atoms with E-state index in [1.807, 2.05) is 23.1 Å². The molecular formula is C17H18N2O3. The molecule has 4 heterocycles. The zero-order chi connectivity index (χ0) is 14.9. The second kappa shape index (κ2) is 5.48. The molecule has 5 nitrogen and oxygen atoms in total. The standard InChI is InChI=1S/C17H18N2O3/c20-17(12-6-8-21-11-12)19-13-4-5-14(19)10-15(9-13)22-16-3-1-2-7-18-16/h1-3,6-8,11,13-15H,4-5,9-10H2. The topological polar surface area (TPSA) is 55.6 Å². The summed E-state index contributed by atoms with van der Waals surface area (Å²) >= 11 is 0. The minimum Gasteiger partial charge on any atom is -0.474 e. The van der Waals surface area contributed by atoms with Gasteiger partial charge in [0, 0.05) is 37.2 Å². The van der Waals surface area contributed by atoms with Crippen LogP contribution in [0.5, 0.6) is 5.88 Å². The number of amides is 1. The van der Waals surface area contributed by atoms with Crippen molar-refractivity contribution in [1.29, 1.82) is 0 Å². The third-order valence-electron chi connectivity index (χ3n) is 4.62. The van der Waals surface area contributed by atoms with Crippen molar-refractivity contribution in [3.63, 3.8) is 0 Å². The molecular weight excluding hydrogens is 280 g/mol. The number of piperidine rings is 1. The van der Waals surface area contributed by atoms with Gasteiger partial charge in [0.25, 0.3) is 5.91 Å². The second-order valence-electron chi connectivity index (χ2n) is 5.99. The molecule has 2 aliphatic rings. The van der Waals surface area contributed by atoms with Gasteiger partial charge in [-0.15, -0.1) is 0 Å². The average Bonchev–Trinajstić information content (AvgIpc) is 3.15. The molecule has 0 saturated carbocycles. The molecule has 0 aromatic carbocycles. The number of hydrogen-bond donors (Lipinski definition) is 0. The van der Waals surface area contributed by atoms with Crippen molar-refractivity contribution in [2.75, 3.05) is 0 Å². The third kappa shape index (κ3) is 2.36. The van der Waals surface area contributed by atoms with E-state index in [2.05, 4.69) is 4.98 Å². The number of furan rings is 1. The summed E-state index contributed by atoms with van der Waals surface area (Å²) in [6, 6.07) is 7.94. The van der Waals surface area contributed by atoms with Crippen LogP contribution in [0.1, 0.15) is 36.0 Å². The van der Waals surface area contributed by atoms with Gasteiger partial charge in [0.15, 0.2) is 0 Å². The van der Waals surface area contributed by atoms with Crippen molar-refractivity contribution < 1.29 is 13.9 Å². The van der Waals surface area contributed by atoms with Crippen LogP contribution in [0.4, 0.5) is 0 Å². The number of pyridine rings is 1. The van der Waals surface area contributed by atoms with Gasteiger partial charge in [0.2, 0.25) is 5.88 Å². The molecule has 0 N–H and O–H groups in total. The summed E-state index contributed by atoms with van der Waals surface area (Å²) in [7, 11) is 0. The Morgan fingerprint density at radius 3 is 2.68 bits per heavy atom. The van der Waals surface area contributed by atoms with Gasteiger partial charge < -0.3 is 14.1 Å². The van der Waals surface area contributed by atoms with E-state index < -0.39 is 0 Å². The molecule has 2 aromatic rings. The Morgan fingerprint density at radius 1 is 1.23 bits per heavy atom. The Labute approximate surface area is 128 Å². The van der Waals surface area contributed by atoms with Crippen molar-refractivity contribution in [1.82, 2.24) is 9.88 Å². The molecule has 22 heavy (non-hydrogen) atoms. The summed E-state index contributed by atoms with van der Waals surface area (Å²) in [4.78, 5) is 18.9. The van der Waals surface area contributed by atoms with E-state index in [9.17, 15) is 4.79 Å². The SMILES string of the molecule is O=C(c1ccoc1)N1C2CCC1CC(Oc1ccccn1)C2. The van der Waals surface area contributed by atoms with Crippen molar-refractivity contribution >= 4 is 5.91 Å². The summed E-state index contributed by atoms with van der Waals surface area (Å²) in [5.74, 6) is 0.749. The van der Waals surface area contributed by atoms with E-state index in [1.165, 1.54) is 6.26 Å². The van der Waals surface area contributed by atoms with Gasteiger partial charge in [-0.1, -0.05) is 6.07 Å². The fraction of sp³-hybridized carbons (Fsp3) is 0.412. The van der Waals surface area contributed by atoms with Crippen LogP contribution in [0.15, 0.2) is 47.4 Å². The Morgan fingerprint density at radius 2 is 2.05 bits per heavy atom. The van der Waals surface area contributed by atoms with Gasteiger partial charge in [0.1, 0.15) is 12.4 Å². The highest BCUT2D eigenvalue weighted by Crippen LogP contribution is 2.38. The van der Waals surface area contributed by atoms with Gasteiger partial charge in [-0.05, 0) is 25.0 Å². The van der Waals surface area contributed by atoms with Crippen LogP contribution in [0.2, 0.25) is 0 Å². The molecule has 114 valence electrons. The fourth-order valence-electron chi connectivity index (χ4n) is 3.68. The lowest BCUT2D eigenvalue weighted by molar-refractivity contribution is 0.0347. The van der Waals surface area contributed by atoms with Crippen LogP contribution in [0.25, 0.3) is 0 Å². The lowest BCUT2D eigenvalue weighted by Gasteiger charge is -2.38. The maximum Gasteiger partial charge on any atom is 0.257 e. The Bertz CT molecular complexity index is 627. The number of carbonyl (C=O) groups is 1. The largest absolute Gasteiger partial charge is 0.474 e. The van der Waals surface area contributed by atoms with Crippen LogP contribution >= 0.6 is 0 Å². The Kier molecular flexibility index (Phi) is 3.33. The Hall–Kier alpha value is -2.30. The van der Waals surface area contributed by atoms with Gasteiger partial charge in [-0.25, -0.2) is 4.98 Å². The summed E-state index contributed by atoms with van der Waals surface area (Å²) in [6.07, 6.45) is 8.80. The first-order valence-electron chi connectivity index (χ1n) is 7.74. The molecule has 2 atom stereocenters. The third-order valence-corrected chi connectivity index (χ3v) is 4.62. The molecule has 2 aromatic heterocycles. The zero-order valence-electron chi connectivity index (χ0n) is 12.2. The number of rotatable bonds is 3. The van der Waals surface area contributed by atoms with E-state index in [4.69, 9.17) is 9.15 Å². The molecule has 0 aliphatic carbocycles. The van der Waals surface area contributed by atoms with Gasteiger partial charge in [0.05, 0.1) is 11.8 Å². The first-order valence-corrected chi connectivity index (χ1v) is 7.74. The molecule has 0 radical (unpaired) electrons. The van der Waals surface area contributed by atoms with Gasteiger partial charge >= 0.3 is 0 Å². The molecule has 2 bridgehead atoms. The average molecular weight is 298 g/mol. The second-order valence-corrected chi connectivity index (χ2v) is 5.99. The molecule has 2 saturated heterocycles. The van der Waals surface area contributed by atoms with E-state index in [1.54, 1.807) is 18.5 Å². The minimum absolute atomic E-state index is 0.0811. The zero-order valence-corrected chi connectivity index (χ0v) is 12.2. The van der Waals surface area contributed by atoms with Crippen LogP contribution in [0, 0.1) is 0 Å².